The SMILES string of the molecule is CCCCC(C=Cc1ccccc1)C=Cc1ccccc1. The molecule has 0 radical (unpaired) electrons. The van der Waals surface area contributed by atoms with Gasteiger partial charge in [0.2, 0.25) is 0 Å². The summed E-state index contributed by atoms with van der Waals surface area (Å²) in [6.45, 7) is 2.25. The van der Waals surface area contributed by atoms with E-state index in [2.05, 4.69) is 91.9 Å². The van der Waals surface area contributed by atoms with Crippen molar-refractivity contribution in [1.82, 2.24) is 0 Å². The summed E-state index contributed by atoms with van der Waals surface area (Å²) in [5.41, 5.74) is 2.54. The van der Waals surface area contributed by atoms with Crippen LogP contribution in [0.25, 0.3) is 12.2 Å². The van der Waals surface area contributed by atoms with Crippen LogP contribution in [0, 0.1) is 5.92 Å². The van der Waals surface area contributed by atoms with E-state index < -0.39 is 0 Å². The van der Waals surface area contributed by atoms with E-state index in [4.69, 9.17) is 0 Å². The summed E-state index contributed by atoms with van der Waals surface area (Å²) in [4.78, 5) is 0. The van der Waals surface area contributed by atoms with E-state index in [-0.39, 0.29) is 0 Å². The molecule has 0 aliphatic carbocycles. The van der Waals surface area contributed by atoms with Gasteiger partial charge in [0.15, 0.2) is 0 Å². The first kappa shape index (κ1) is 15.3. The predicted octanol–water partition coefficient (Wildman–Crippen LogP) is 6.22. The van der Waals surface area contributed by atoms with E-state index in [1.54, 1.807) is 0 Å². The molecule has 0 saturated carbocycles. The normalized spacial score (nSPS) is 13.0. The standard InChI is InChI=1S/C21H24/c1-2-3-10-21(17-15-19-11-6-4-7-12-19)18-16-20-13-8-5-9-14-20/h4-9,11-18,21H,2-3,10H2,1H3. The van der Waals surface area contributed by atoms with E-state index in [0.717, 1.165) is 0 Å². The second-order valence-corrected chi connectivity index (χ2v) is 5.35. The molecule has 0 fully saturated rings. The van der Waals surface area contributed by atoms with Gasteiger partial charge in [-0.15, -0.1) is 0 Å². The molecule has 0 aromatic heterocycles. The van der Waals surface area contributed by atoms with Crippen LogP contribution < -0.4 is 0 Å². The van der Waals surface area contributed by atoms with Crippen molar-refractivity contribution in [3.63, 3.8) is 0 Å². The molecule has 0 heteroatoms. The number of benzene rings is 2. The molecule has 0 saturated heterocycles. The molecule has 0 atom stereocenters. The first-order valence-electron chi connectivity index (χ1n) is 7.85. The Morgan fingerprint density at radius 2 is 1.24 bits per heavy atom. The Kier molecular flexibility index (Phi) is 6.54. The van der Waals surface area contributed by atoms with Gasteiger partial charge in [0, 0.05) is 0 Å². The topological polar surface area (TPSA) is 0 Å². The van der Waals surface area contributed by atoms with Crippen LogP contribution in [0.3, 0.4) is 0 Å². The van der Waals surface area contributed by atoms with Crippen molar-refractivity contribution < 1.29 is 0 Å². The average molecular weight is 276 g/mol. The Morgan fingerprint density at radius 3 is 1.67 bits per heavy atom. The molecule has 0 amide bonds. The Balaban J connectivity index is 2.04. The Labute approximate surface area is 128 Å². The van der Waals surface area contributed by atoms with Gasteiger partial charge in [-0.3, -0.25) is 0 Å². The summed E-state index contributed by atoms with van der Waals surface area (Å²) in [7, 11) is 0. The van der Waals surface area contributed by atoms with Gasteiger partial charge in [-0.2, -0.15) is 0 Å². The lowest BCUT2D eigenvalue weighted by Gasteiger charge is -2.07. The molecule has 0 unspecified atom stereocenters. The highest BCUT2D eigenvalue weighted by molar-refractivity contribution is 5.52. The summed E-state index contributed by atoms with van der Waals surface area (Å²) in [6, 6.07) is 21.0. The van der Waals surface area contributed by atoms with Crippen LogP contribution in [-0.4, -0.2) is 0 Å². The second kappa shape index (κ2) is 8.97. The molecule has 2 rings (SSSR count). The van der Waals surface area contributed by atoms with Crippen LogP contribution in [0.15, 0.2) is 72.8 Å². The van der Waals surface area contributed by atoms with Crippen molar-refractivity contribution in [2.45, 2.75) is 26.2 Å². The lowest BCUT2D eigenvalue weighted by molar-refractivity contribution is 0.645. The number of allylic oxidation sites excluding steroid dienone is 2. The zero-order chi connectivity index (χ0) is 14.8. The number of rotatable bonds is 7. The quantitative estimate of drug-likeness (QED) is 0.563. The molecule has 0 bridgehead atoms. The van der Waals surface area contributed by atoms with Gasteiger partial charge >= 0.3 is 0 Å². The fraction of sp³-hybridized carbons (Fsp3) is 0.238. The zero-order valence-corrected chi connectivity index (χ0v) is 12.8. The number of hydrogen-bond donors (Lipinski definition) is 0. The van der Waals surface area contributed by atoms with Crippen molar-refractivity contribution in [2.24, 2.45) is 5.92 Å². The van der Waals surface area contributed by atoms with Crippen molar-refractivity contribution in [1.29, 1.82) is 0 Å². The molecular weight excluding hydrogens is 252 g/mol. The minimum Gasteiger partial charge on any atom is -0.0770 e. The monoisotopic (exact) mass is 276 g/mol. The maximum atomic E-state index is 2.32. The highest BCUT2D eigenvalue weighted by Gasteiger charge is 1.99. The smallest absolute Gasteiger partial charge is 0.00468 e. The predicted molar refractivity (Wildman–Crippen MR) is 94.0 cm³/mol. The van der Waals surface area contributed by atoms with Gasteiger partial charge in [0.25, 0.3) is 0 Å². The van der Waals surface area contributed by atoms with E-state index in [1.165, 1.54) is 30.4 Å². The van der Waals surface area contributed by atoms with Crippen LogP contribution in [0.4, 0.5) is 0 Å². The van der Waals surface area contributed by atoms with Crippen molar-refractivity contribution in [3.8, 4) is 0 Å². The number of hydrogen-bond acceptors (Lipinski definition) is 0. The average Bonchev–Trinajstić information content (AvgIpc) is 2.56. The van der Waals surface area contributed by atoms with E-state index in [9.17, 15) is 0 Å². The number of unbranched alkanes of at least 4 members (excludes halogenated alkanes) is 1. The Morgan fingerprint density at radius 1 is 0.762 bits per heavy atom. The largest absolute Gasteiger partial charge is 0.0770 e. The molecule has 2 aromatic carbocycles. The van der Waals surface area contributed by atoms with Crippen LogP contribution >= 0.6 is 0 Å². The maximum absolute atomic E-state index is 2.32. The molecular formula is C21H24. The third kappa shape index (κ3) is 5.83. The molecule has 21 heavy (non-hydrogen) atoms. The van der Waals surface area contributed by atoms with Crippen molar-refractivity contribution >= 4 is 12.2 Å². The molecule has 0 N–H and O–H groups in total. The van der Waals surface area contributed by atoms with Crippen LogP contribution in [0.1, 0.15) is 37.3 Å². The highest BCUT2D eigenvalue weighted by atomic mass is 14.0. The molecule has 0 aliphatic rings. The molecule has 0 nitrogen and oxygen atoms in total. The fourth-order valence-electron chi connectivity index (χ4n) is 2.29. The van der Waals surface area contributed by atoms with E-state index in [1.807, 2.05) is 0 Å². The van der Waals surface area contributed by atoms with E-state index in [0.29, 0.717) is 5.92 Å². The molecule has 108 valence electrons. The summed E-state index contributed by atoms with van der Waals surface area (Å²) in [5, 5.41) is 0. The van der Waals surface area contributed by atoms with Gasteiger partial charge in [-0.1, -0.05) is 105 Å². The summed E-state index contributed by atoms with van der Waals surface area (Å²) in [6.07, 6.45) is 12.8. The Bertz CT molecular complexity index is 500. The van der Waals surface area contributed by atoms with Gasteiger partial charge < -0.3 is 0 Å². The molecule has 0 heterocycles. The summed E-state index contributed by atoms with van der Waals surface area (Å²) >= 11 is 0. The second-order valence-electron chi connectivity index (χ2n) is 5.35. The summed E-state index contributed by atoms with van der Waals surface area (Å²) in [5.74, 6) is 0.505. The Hall–Kier alpha value is -2.08. The molecule has 0 spiro atoms. The van der Waals surface area contributed by atoms with Gasteiger partial charge in [0.05, 0.1) is 0 Å². The third-order valence-corrected chi connectivity index (χ3v) is 3.56. The van der Waals surface area contributed by atoms with Crippen LogP contribution in [0.5, 0.6) is 0 Å². The lowest BCUT2D eigenvalue weighted by atomic mass is 9.99. The fourth-order valence-corrected chi connectivity index (χ4v) is 2.29. The van der Waals surface area contributed by atoms with Crippen molar-refractivity contribution in [2.75, 3.05) is 0 Å². The minimum absolute atomic E-state index is 0.505. The first-order valence-corrected chi connectivity index (χ1v) is 7.85. The summed E-state index contributed by atoms with van der Waals surface area (Å²) < 4.78 is 0. The van der Waals surface area contributed by atoms with E-state index >= 15 is 0 Å². The van der Waals surface area contributed by atoms with Gasteiger partial charge in [0.1, 0.15) is 0 Å². The molecule has 0 aliphatic heterocycles. The van der Waals surface area contributed by atoms with Gasteiger partial charge in [-0.05, 0) is 23.5 Å². The van der Waals surface area contributed by atoms with Crippen LogP contribution in [-0.2, 0) is 0 Å². The minimum atomic E-state index is 0.505. The van der Waals surface area contributed by atoms with Crippen LogP contribution in [0.2, 0.25) is 0 Å². The maximum Gasteiger partial charge on any atom is -0.00468 e. The van der Waals surface area contributed by atoms with Crippen molar-refractivity contribution in [3.05, 3.63) is 83.9 Å². The lowest BCUT2D eigenvalue weighted by Crippen LogP contribution is -1.91. The van der Waals surface area contributed by atoms with Gasteiger partial charge in [-0.25, -0.2) is 0 Å². The third-order valence-electron chi connectivity index (χ3n) is 3.56. The first-order chi connectivity index (χ1) is 10.4. The zero-order valence-electron chi connectivity index (χ0n) is 12.8. The molecule has 2 aromatic rings. The highest BCUT2D eigenvalue weighted by Crippen LogP contribution is 2.16.